The average Bonchev–Trinajstić information content (AvgIpc) is 2.72. The van der Waals surface area contributed by atoms with Gasteiger partial charge in [0.2, 0.25) is 0 Å². The van der Waals surface area contributed by atoms with Crippen molar-refractivity contribution in [2.75, 3.05) is 0 Å². The van der Waals surface area contributed by atoms with Gasteiger partial charge in [-0.2, -0.15) is 0 Å². The second kappa shape index (κ2) is 3.28. The number of fused-ring (bicyclic) bond motifs is 1. The summed E-state index contributed by atoms with van der Waals surface area (Å²) in [5, 5.41) is 0. The highest BCUT2D eigenvalue weighted by molar-refractivity contribution is 6.09. The summed E-state index contributed by atoms with van der Waals surface area (Å²) in [5.74, 6) is 2.31. The van der Waals surface area contributed by atoms with Gasteiger partial charge >= 0.3 is 0 Å². The number of hydrogen-bond acceptors (Lipinski definition) is 0. The van der Waals surface area contributed by atoms with Crippen LogP contribution >= 0.6 is 0 Å². The maximum Gasteiger partial charge on any atom is 0.102 e. The minimum Gasteiger partial charge on any atom is -0.0749 e. The topological polar surface area (TPSA) is 0 Å². The zero-order valence-corrected chi connectivity index (χ0v) is 10.5. The van der Waals surface area contributed by atoms with Gasteiger partial charge in [0, 0.05) is 0 Å². The molecule has 0 saturated heterocycles. The predicted molar refractivity (Wildman–Crippen MR) is 67.8 cm³/mol. The van der Waals surface area contributed by atoms with Crippen LogP contribution in [-0.2, 0) is 0 Å². The molecule has 3 fully saturated rings. The molecule has 0 spiro atoms. The summed E-state index contributed by atoms with van der Waals surface area (Å²) in [6.07, 6.45) is 13.8. The molecule has 4 unspecified atom stereocenters. The van der Waals surface area contributed by atoms with E-state index in [1.165, 1.54) is 32.0 Å². The molecule has 15 heavy (non-hydrogen) atoms. The van der Waals surface area contributed by atoms with E-state index in [1.54, 1.807) is 25.7 Å². The van der Waals surface area contributed by atoms with E-state index in [1.807, 2.05) is 0 Å². The summed E-state index contributed by atoms with van der Waals surface area (Å²) in [5.41, 5.74) is 1.65. The third kappa shape index (κ3) is 1.16. The summed E-state index contributed by atoms with van der Waals surface area (Å²) in [4.78, 5) is 0. The van der Waals surface area contributed by atoms with Gasteiger partial charge in [-0.1, -0.05) is 38.9 Å². The maximum absolute atomic E-state index is 2.46. The number of rotatable bonds is 2. The lowest BCUT2D eigenvalue weighted by Gasteiger charge is -2.37. The van der Waals surface area contributed by atoms with Crippen LogP contribution in [0.15, 0.2) is 0 Å². The molecule has 0 N–H and O–H groups in total. The molecular formula is C14H25B. The van der Waals surface area contributed by atoms with Crippen molar-refractivity contribution >= 4 is 7.85 Å². The third-order valence-corrected chi connectivity index (χ3v) is 6.44. The van der Waals surface area contributed by atoms with Crippen molar-refractivity contribution in [1.82, 2.24) is 0 Å². The van der Waals surface area contributed by atoms with Crippen molar-refractivity contribution in [2.24, 2.45) is 22.7 Å². The second-order valence-electron chi connectivity index (χ2n) is 6.49. The van der Waals surface area contributed by atoms with Gasteiger partial charge in [-0.25, -0.2) is 0 Å². The van der Waals surface area contributed by atoms with Gasteiger partial charge in [0.1, 0.15) is 7.85 Å². The van der Waals surface area contributed by atoms with Crippen molar-refractivity contribution in [1.29, 1.82) is 0 Å². The first-order chi connectivity index (χ1) is 7.29. The molecule has 3 aliphatic carbocycles. The van der Waals surface area contributed by atoms with E-state index in [2.05, 4.69) is 14.8 Å². The third-order valence-electron chi connectivity index (χ3n) is 6.44. The zero-order chi connectivity index (χ0) is 10.5. The standard InChI is InChI=1S/C14H25B/c1-2-13-7-4-3-5-8-14(10-15)11(6-9-13)12(13)14/h11-12H,2-10,15H2,1H3. The van der Waals surface area contributed by atoms with Crippen molar-refractivity contribution in [3.63, 3.8) is 0 Å². The lowest BCUT2D eigenvalue weighted by atomic mass is 9.66. The van der Waals surface area contributed by atoms with Crippen LogP contribution in [0.2, 0.25) is 6.32 Å². The lowest BCUT2D eigenvalue weighted by Crippen LogP contribution is -2.27. The van der Waals surface area contributed by atoms with Crippen LogP contribution in [0.25, 0.3) is 0 Å². The Morgan fingerprint density at radius 1 is 1.13 bits per heavy atom. The second-order valence-corrected chi connectivity index (χ2v) is 6.49. The van der Waals surface area contributed by atoms with E-state index < -0.39 is 0 Å². The molecule has 0 nitrogen and oxygen atoms in total. The maximum atomic E-state index is 2.46. The molecule has 0 bridgehead atoms. The molecule has 3 rings (SSSR count). The molecule has 0 heterocycles. The Morgan fingerprint density at radius 2 is 1.93 bits per heavy atom. The summed E-state index contributed by atoms with van der Waals surface area (Å²) in [6.45, 7) is 2.46. The summed E-state index contributed by atoms with van der Waals surface area (Å²) in [7, 11) is 2.46. The van der Waals surface area contributed by atoms with Crippen molar-refractivity contribution in [3.05, 3.63) is 0 Å². The Morgan fingerprint density at radius 3 is 2.67 bits per heavy atom. The molecule has 0 aromatic rings. The molecule has 0 aliphatic heterocycles. The molecular weight excluding hydrogens is 179 g/mol. The van der Waals surface area contributed by atoms with Gasteiger partial charge < -0.3 is 0 Å². The van der Waals surface area contributed by atoms with Crippen LogP contribution in [0.1, 0.15) is 58.3 Å². The van der Waals surface area contributed by atoms with Crippen molar-refractivity contribution in [2.45, 2.75) is 64.6 Å². The highest BCUT2D eigenvalue weighted by Crippen LogP contribution is 2.79. The first kappa shape index (κ1) is 10.2. The monoisotopic (exact) mass is 204 g/mol. The molecule has 4 atom stereocenters. The van der Waals surface area contributed by atoms with Crippen molar-refractivity contribution < 1.29 is 0 Å². The summed E-state index contributed by atoms with van der Waals surface area (Å²) >= 11 is 0. The first-order valence-corrected chi connectivity index (χ1v) is 7.29. The Kier molecular flexibility index (Phi) is 2.24. The Hall–Kier alpha value is 0.0649. The van der Waals surface area contributed by atoms with Crippen LogP contribution in [0.5, 0.6) is 0 Å². The minimum absolute atomic E-state index is 0.807. The fourth-order valence-electron chi connectivity index (χ4n) is 5.63. The summed E-state index contributed by atoms with van der Waals surface area (Å²) in [6, 6.07) is 0. The first-order valence-electron chi connectivity index (χ1n) is 7.29. The SMILES string of the molecule is BCC12CCCCCC3(CC)CCC1C32. The van der Waals surface area contributed by atoms with Gasteiger partial charge in [0.25, 0.3) is 0 Å². The highest BCUT2D eigenvalue weighted by Gasteiger charge is 2.71. The largest absolute Gasteiger partial charge is 0.102 e. The van der Waals surface area contributed by atoms with E-state index in [0.29, 0.717) is 0 Å². The van der Waals surface area contributed by atoms with Crippen LogP contribution < -0.4 is 0 Å². The smallest absolute Gasteiger partial charge is 0.0749 e. The quantitative estimate of drug-likeness (QED) is 0.604. The van der Waals surface area contributed by atoms with Crippen LogP contribution in [0.3, 0.4) is 0 Å². The van der Waals surface area contributed by atoms with Crippen LogP contribution in [-0.4, -0.2) is 7.85 Å². The lowest BCUT2D eigenvalue weighted by molar-refractivity contribution is 0.146. The minimum atomic E-state index is 0.807. The van der Waals surface area contributed by atoms with E-state index in [0.717, 1.165) is 22.7 Å². The Labute approximate surface area is 95.6 Å². The van der Waals surface area contributed by atoms with Crippen molar-refractivity contribution in [3.8, 4) is 0 Å². The fourth-order valence-corrected chi connectivity index (χ4v) is 5.63. The highest BCUT2D eigenvalue weighted by atomic mass is 14.8. The molecule has 3 aliphatic rings. The number of hydrogen-bond donors (Lipinski definition) is 0. The van der Waals surface area contributed by atoms with Gasteiger partial charge in [0.15, 0.2) is 0 Å². The molecule has 0 radical (unpaired) electrons. The zero-order valence-electron chi connectivity index (χ0n) is 10.5. The van der Waals surface area contributed by atoms with Gasteiger partial charge in [-0.05, 0) is 48.3 Å². The van der Waals surface area contributed by atoms with Gasteiger partial charge in [-0.15, -0.1) is 0 Å². The molecule has 84 valence electrons. The normalized spacial score (nSPS) is 53.1. The van der Waals surface area contributed by atoms with Gasteiger partial charge in [-0.3, -0.25) is 0 Å². The predicted octanol–water partition coefficient (Wildman–Crippen LogP) is 3.42. The Balaban J connectivity index is 1.90. The van der Waals surface area contributed by atoms with Gasteiger partial charge in [0.05, 0.1) is 0 Å². The van der Waals surface area contributed by atoms with E-state index in [4.69, 9.17) is 0 Å². The van der Waals surface area contributed by atoms with E-state index >= 15 is 0 Å². The van der Waals surface area contributed by atoms with Crippen LogP contribution in [0.4, 0.5) is 0 Å². The molecule has 0 aromatic heterocycles. The molecule has 0 aromatic carbocycles. The summed E-state index contributed by atoms with van der Waals surface area (Å²) < 4.78 is 0. The van der Waals surface area contributed by atoms with E-state index in [-0.39, 0.29) is 0 Å². The average molecular weight is 204 g/mol. The Bertz CT molecular complexity index is 262. The van der Waals surface area contributed by atoms with Crippen LogP contribution in [0, 0.1) is 22.7 Å². The molecule has 3 saturated carbocycles. The molecule has 0 amide bonds. The fraction of sp³-hybridized carbons (Fsp3) is 1.00. The van der Waals surface area contributed by atoms with E-state index in [9.17, 15) is 0 Å². The molecule has 1 heteroatoms.